The van der Waals surface area contributed by atoms with E-state index in [4.69, 9.17) is 45.6 Å². The van der Waals surface area contributed by atoms with Crippen LogP contribution < -0.4 is 21.7 Å². The number of halogens is 5. The Hall–Kier alpha value is -1.55. The standard InChI is InChI=1S/C16H18BrClN3OP.C12H18NOP.C4HBrCl2N2.C4H10O/c1-9-11(10-4-5-10)6-7-13(14(9)23(2,3)22)20-15-12(17)8-19-16(18)21-15;1-8-10(9-4-5-9)6-7-11(13)12(8)15(2,3)14;5-2-1-8-4(7)9-3(2)6;1-2-3-4-5/h6-8,10H,4-5H2,1-3H3,(H,19,20,21);6-7,9H,4-5,13H2,1-3H3;1H;5H,2-4H2,1H3. The number of benzene rings is 2. The molecule has 0 aliphatic heterocycles. The predicted octanol–water partition coefficient (Wildman–Crippen LogP) is 11.1. The van der Waals surface area contributed by atoms with Gasteiger partial charge in [0, 0.05) is 35.3 Å². The number of nitrogen functional groups attached to an aromatic ring is 1. The van der Waals surface area contributed by atoms with Crippen molar-refractivity contribution in [3.8, 4) is 0 Å². The lowest BCUT2D eigenvalue weighted by atomic mass is 10.0. The van der Waals surface area contributed by atoms with Crippen molar-refractivity contribution < 1.29 is 14.2 Å². The minimum absolute atomic E-state index is 0.156. The zero-order valence-corrected chi connectivity index (χ0v) is 37.7. The first kappa shape index (κ1) is 44.8. The monoisotopic (exact) mass is 936 g/mol. The smallest absolute Gasteiger partial charge is 0.224 e. The van der Waals surface area contributed by atoms with Crippen molar-refractivity contribution in [2.24, 2.45) is 0 Å². The van der Waals surface area contributed by atoms with E-state index in [2.05, 4.69) is 90.0 Å². The molecule has 4 aromatic rings. The van der Waals surface area contributed by atoms with Crippen molar-refractivity contribution in [3.05, 3.63) is 83.6 Å². The van der Waals surface area contributed by atoms with Gasteiger partial charge in [0.15, 0.2) is 0 Å². The summed E-state index contributed by atoms with van der Waals surface area (Å²) in [5, 5.41) is 13.8. The fraction of sp³-hybridized carbons (Fsp3) is 0.444. The van der Waals surface area contributed by atoms with Crippen LogP contribution in [0.5, 0.6) is 0 Å². The van der Waals surface area contributed by atoms with E-state index in [0.717, 1.165) is 40.3 Å². The first-order valence-corrected chi connectivity index (χ1v) is 24.7. The van der Waals surface area contributed by atoms with Crippen LogP contribution in [0.2, 0.25) is 15.7 Å². The van der Waals surface area contributed by atoms with E-state index in [-0.39, 0.29) is 10.6 Å². The maximum atomic E-state index is 12.9. The second-order valence-corrected chi connectivity index (χ2v) is 22.5. The van der Waals surface area contributed by atoms with Crippen LogP contribution >= 0.6 is 80.9 Å². The van der Waals surface area contributed by atoms with Gasteiger partial charge in [0.25, 0.3) is 0 Å². The Morgan fingerprint density at radius 1 is 0.808 bits per heavy atom. The molecule has 2 aliphatic rings. The molecule has 2 aromatic carbocycles. The van der Waals surface area contributed by atoms with Gasteiger partial charge in [-0.15, -0.1) is 0 Å². The summed E-state index contributed by atoms with van der Waals surface area (Å²) < 4.78 is 26.4. The minimum Gasteiger partial charge on any atom is -0.398 e. The quantitative estimate of drug-likeness (QED) is 0.0681. The van der Waals surface area contributed by atoms with E-state index in [1.165, 1.54) is 43.0 Å². The Balaban J connectivity index is 0.000000215. The Morgan fingerprint density at radius 2 is 1.29 bits per heavy atom. The number of rotatable bonds is 8. The van der Waals surface area contributed by atoms with Crippen LogP contribution in [0.1, 0.15) is 79.5 Å². The van der Waals surface area contributed by atoms with Gasteiger partial charge < -0.3 is 25.3 Å². The van der Waals surface area contributed by atoms with Gasteiger partial charge in [0.05, 0.1) is 14.6 Å². The normalized spacial score (nSPS) is 13.9. The molecule has 52 heavy (non-hydrogen) atoms. The molecule has 4 N–H and O–H groups in total. The summed E-state index contributed by atoms with van der Waals surface area (Å²) in [6, 6.07) is 8.14. The predicted molar refractivity (Wildman–Crippen MR) is 229 cm³/mol. The van der Waals surface area contributed by atoms with Crippen LogP contribution in [0.25, 0.3) is 0 Å². The van der Waals surface area contributed by atoms with Gasteiger partial charge >= 0.3 is 0 Å². The summed E-state index contributed by atoms with van der Waals surface area (Å²) in [6.45, 7) is 13.7. The van der Waals surface area contributed by atoms with Crippen molar-refractivity contribution in [2.75, 3.05) is 44.3 Å². The highest BCUT2D eigenvalue weighted by atomic mass is 79.9. The fourth-order valence-corrected chi connectivity index (χ4v) is 9.88. The molecule has 0 radical (unpaired) electrons. The largest absolute Gasteiger partial charge is 0.398 e. The van der Waals surface area contributed by atoms with Crippen molar-refractivity contribution >= 4 is 109 Å². The summed E-state index contributed by atoms with van der Waals surface area (Å²) in [7, 11) is -4.71. The molecule has 0 spiro atoms. The van der Waals surface area contributed by atoms with Crippen LogP contribution in [-0.2, 0) is 9.13 Å². The van der Waals surface area contributed by atoms with E-state index in [1.54, 1.807) is 32.9 Å². The van der Waals surface area contributed by atoms with Crippen molar-refractivity contribution in [2.45, 2.75) is 71.1 Å². The van der Waals surface area contributed by atoms with E-state index in [1.807, 2.05) is 12.1 Å². The summed E-state index contributed by atoms with van der Waals surface area (Å²) in [4.78, 5) is 15.4. The molecule has 2 aliphatic carbocycles. The highest BCUT2D eigenvalue weighted by Gasteiger charge is 2.30. The van der Waals surface area contributed by atoms with E-state index >= 15 is 0 Å². The number of aliphatic hydroxyl groups is 1. The third-order valence-corrected chi connectivity index (χ3v) is 13.6. The fourth-order valence-electron chi connectivity index (χ4n) is 5.68. The second-order valence-electron chi connectivity index (χ2n) is 13.5. The van der Waals surface area contributed by atoms with Crippen molar-refractivity contribution in [3.63, 3.8) is 0 Å². The molecule has 0 atom stereocenters. The van der Waals surface area contributed by atoms with Crippen molar-refractivity contribution in [1.29, 1.82) is 0 Å². The molecule has 2 saturated carbocycles. The van der Waals surface area contributed by atoms with Crippen LogP contribution in [0.3, 0.4) is 0 Å². The summed E-state index contributed by atoms with van der Waals surface area (Å²) >= 11 is 23.3. The Morgan fingerprint density at radius 3 is 1.71 bits per heavy atom. The molecule has 0 amide bonds. The van der Waals surface area contributed by atoms with Gasteiger partial charge in [-0.3, -0.25) is 0 Å². The van der Waals surface area contributed by atoms with Crippen LogP contribution in [0.4, 0.5) is 17.2 Å². The third kappa shape index (κ3) is 13.3. The average Bonchev–Trinajstić information content (AvgIpc) is 3.97. The maximum absolute atomic E-state index is 12.9. The molecule has 0 bridgehead atoms. The first-order chi connectivity index (χ1) is 24.3. The average molecular weight is 940 g/mol. The molecule has 9 nitrogen and oxygen atoms in total. The lowest BCUT2D eigenvalue weighted by Crippen LogP contribution is -2.16. The number of hydrogen-bond acceptors (Lipinski definition) is 9. The molecule has 0 unspecified atom stereocenters. The molecule has 284 valence electrons. The van der Waals surface area contributed by atoms with E-state index in [0.29, 0.717) is 44.0 Å². The van der Waals surface area contributed by atoms with Gasteiger partial charge in [-0.25, -0.2) is 15.0 Å². The van der Waals surface area contributed by atoms with Crippen LogP contribution in [0.15, 0.2) is 45.6 Å². The third-order valence-electron chi connectivity index (χ3n) is 8.24. The summed E-state index contributed by atoms with van der Waals surface area (Å²) in [5.74, 6) is 1.88. The van der Waals surface area contributed by atoms with Crippen molar-refractivity contribution in [1.82, 2.24) is 19.9 Å². The van der Waals surface area contributed by atoms with Gasteiger partial charge in [0.2, 0.25) is 10.6 Å². The number of nitrogens with zero attached hydrogens (tertiary/aromatic N) is 4. The highest BCUT2D eigenvalue weighted by molar-refractivity contribution is 9.11. The Bertz CT molecular complexity index is 1950. The topological polar surface area (TPSA) is 144 Å². The maximum Gasteiger partial charge on any atom is 0.224 e. The molecular formula is C36H47Br2Cl3N6O3P2. The lowest BCUT2D eigenvalue weighted by molar-refractivity contribution is 0.287. The number of unbranched alkanes of at least 4 members (excludes halogenated alkanes) is 1. The molecule has 2 aromatic heterocycles. The summed E-state index contributed by atoms with van der Waals surface area (Å²) in [5.41, 5.74) is 12.4. The second kappa shape index (κ2) is 19.9. The van der Waals surface area contributed by atoms with Gasteiger partial charge in [-0.1, -0.05) is 37.1 Å². The molecule has 2 fully saturated rings. The number of aromatic nitrogens is 4. The number of nitrogens with one attached hydrogen (secondary N) is 1. The highest BCUT2D eigenvalue weighted by Crippen LogP contribution is 2.47. The molecular weight excluding hydrogens is 893 g/mol. The SMILES string of the molecule is CCCCO.Cc1c(C2CC2)ccc(N)c1P(C)(C)=O.Cc1c(C2CC2)ccc(Nc2nc(Cl)ncc2Br)c1P(C)(C)=O.Clc1ncc(Br)c(Cl)n1. The number of nitrogens with two attached hydrogens (primary N) is 1. The minimum atomic E-state index is -2.45. The van der Waals surface area contributed by atoms with Crippen LogP contribution in [0, 0.1) is 13.8 Å². The lowest BCUT2D eigenvalue weighted by Gasteiger charge is -2.20. The molecule has 6 rings (SSSR count). The Kier molecular flexibility index (Phi) is 17.1. The van der Waals surface area contributed by atoms with Crippen LogP contribution in [-0.4, -0.2) is 58.3 Å². The number of aliphatic hydroxyl groups excluding tert-OH is 1. The molecule has 0 saturated heterocycles. The zero-order valence-electron chi connectivity index (χ0n) is 30.5. The number of anilines is 3. The van der Waals surface area contributed by atoms with Gasteiger partial charge in [-0.2, -0.15) is 4.98 Å². The van der Waals surface area contributed by atoms with Gasteiger partial charge in [0.1, 0.15) is 25.3 Å². The molecule has 2 heterocycles. The number of hydrogen-bond donors (Lipinski definition) is 3. The zero-order chi connectivity index (χ0) is 39.0. The molecule has 16 heteroatoms. The Labute approximate surface area is 339 Å². The summed E-state index contributed by atoms with van der Waals surface area (Å²) in [6.07, 6.45) is 10.1. The van der Waals surface area contributed by atoms with E-state index in [9.17, 15) is 9.13 Å². The van der Waals surface area contributed by atoms with Gasteiger partial charge in [-0.05, 0) is 174 Å². The first-order valence-electron chi connectivity index (χ1n) is 16.8. The van der Waals surface area contributed by atoms with E-state index < -0.39 is 14.3 Å².